The number of ether oxygens (including phenoxy) is 2. The number of halogens is 2. The van der Waals surface area contributed by atoms with E-state index in [0.717, 1.165) is 35.5 Å². The van der Waals surface area contributed by atoms with E-state index < -0.39 is 6.61 Å². The Bertz CT molecular complexity index is 923. The molecule has 0 radical (unpaired) electrons. The molecule has 1 saturated heterocycles. The zero-order valence-corrected chi connectivity index (χ0v) is 18.3. The number of aryl methyl sites for hydroxylation is 1. The number of nitrogens with zero attached hydrogens (tertiary/aromatic N) is 3. The molecule has 1 aromatic carbocycles. The summed E-state index contributed by atoms with van der Waals surface area (Å²) in [4.78, 5) is 10.8. The first-order chi connectivity index (χ1) is 14.9. The maximum Gasteiger partial charge on any atom is 0.387 e. The van der Waals surface area contributed by atoms with Crippen molar-refractivity contribution >= 4 is 11.6 Å². The van der Waals surface area contributed by atoms with Gasteiger partial charge >= 0.3 is 6.61 Å². The van der Waals surface area contributed by atoms with Gasteiger partial charge in [0.2, 0.25) is 0 Å². The molecule has 2 N–H and O–H groups in total. The lowest BCUT2D eigenvalue weighted by Gasteiger charge is -2.22. The molecule has 168 valence electrons. The van der Waals surface area contributed by atoms with Crippen molar-refractivity contribution in [3.8, 4) is 11.5 Å². The van der Waals surface area contributed by atoms with E-state index in [1.54, 1.807) is 38.6 Å². The van der Waals surface area contributed by atoms with Crippen LogP contribution in [0.3, 0.4) is 0 Å². The molecule has 0 saturated carbocycles. The van der Waals surface area contributed by atoms with E-state index in [-0.39, 0.29) is 11.8 Å². The number of hydrogen-bond acceptors (Lipinski definition) is 5. The number of nitrogens with one attached hydrogen (secondary N) is 2. The molecular formula is C22H29F2N5O2. The summed E-state index contributed by atoms with van der Waals surface area (Å²) in [6.07, 6.45) is 2.64. The maximum atomic E-state index is 12.7. The Morgan fingerprint density at radius 1 is 1.32 bits per heavy atom. The van der Waals surface area contributed by atoms with Crippen LogP contribution in [0.25, 0.3) is 0 Å². The number of guanidine groups is 1. The van der Waals surface area contributed by atoms with Gasteiger partial charge in [-0.3, -0.25) is 9.98 Å². The number of alkyl halides is 2. The number of rotatable bonds is 7. The monoisotopic (exact) mass is 433 g/mol. The lowest BCUT2D eigenvalue weighted by Crippen LogP contribution is -2.44. The third-order valence-electron chi connectivity index (χ3n) is 5.35. The molecule has 1 fully saturated rings. The van der Waals surface area contributed by atoms with E-state index in [2.05, 4.69) is 25.3 Å². The minimum absolute atomic E-state index is 0.118. The maximum absolute atomic E-state index is 12.7. The van der Waals surface area contributed by atoms with Gasteiger partial charge in [0.1, 0.15) is 11.5 Å². The molecule has 1 aromatic heterocycles. The van der Waals surface area contributed by atoms with Crippen molar-refractivity contribution in [3.05, 3.63) is 47.3 Å². The standard InChI is InChI=1S/C22H29F2N5O2/c1-14-11-26-17(15(2)20(14)30-4)12-27-22(25-3)28-16-9-10-29(13-16)18-7-5-6-8-19(18)31-21(23)24/h5-8,11,16,21H,9-10,12-13H2,1-4H3,(H2,25,27,28). The van der Waals surface area contributed by atoms with Gasteiger partial charge in [-0.2, -0.15) is 8.78 Å². The van der Waals surface area contributed by atoms with Gasteiger partial charge in [-0.25, -0.2) is 0 Å². The quantitative estimate of drug-likeness (QED) is 0.516. The second kappa shape index (κ2) is 10.3. The predicted molar refractivity (Wildman–Crippen MR) is 117 cm³/mol. The van der Waals surface area contributed by atoms with Crippen molar-refractivity contribution in [2.45, 2.75) is 39.5 Å². The lowest BCUT2D eigenvalue weighted by atomic mass is 10.1. The summed E-state index contributed by atoms with van der Waals surface area (Å²) in [5, 5.41) is 6.70. The predicted octanol–water partition coefficient (Wildman–Crippen LogP) is 3.25. The highest BCUT2D eigenvalue weighted by atomic mass is 19.3. The average Bonchev–Trinajstić information content (AvgIpc) is 3.21. The van der Waals surface area contributed by atoms with Gasteiger partial charge < -0.3 is 25.0 Å². The van der Waals surface area contributed by atoms with E-state index >= 15 is 0 Å². The average molecular weight is 434 g/mol. The second-order valence-corrected chi connectivity index (χ2v) is 7.39. The molecule has 0 bridgehead atoms. The molecule has 2 aromatic rings. The van der Waals surface area contributed by atoms with E-state index in [1.807, 2.05) is 24.8 Å². The van der Waals surface area contributed by atoms with E-state index in [9.17, 15) is 8.78 Å². The first-order valence-electron chi connectivity index (χ1n) is 10.2. The van der Waals surface area contributed by atoms with Crippen molar-refractivity contribution in [2.75, 3.05) is 32.1 Å². The summed E-state index contributed by atoms with van der Waals surface area (Å²) < 4.78 is 35.6. The lowest BCUT2D eigenvalue weighted by molar-refractivity contribution is -0.0495. The Labute approximate surface area is 181 Å². The number of aromatic nitrogens is 1. The van der Waals surface area contributed by atoms with Crippen molar-refractivity contribution in [1.82, 2.24) is 15.6 Å². The SMILES string of the molecule is CN=C(NCc1ncc(C)c(OC)c1C)NC1CCN(c2ccccc2OC(F)F)C1. The number of hydrogen-bond donors (Lipinski definition) is 2. The zero-order chi connectivity index (χ0) is 22.4. The Balaban J connectivity index is 1.59. The summed E-state index contributed by atoms with van der Waals surface area (Å²) in [7, 11) is 3.37. The van der Waals surface area contributed by atoms with E-state index in [0.29, 0.717) is 24.7 Å². The Morgan fingerprint density at radius 3 is 2.81 bits per heavy atom. The van der Waals surface area contributed by atoms with Crippen LogP contribution in [0.15, 0.2) is 35.5 Å². The molecule has 1 atom stereocenters. The Morgan fingerprint density at radius 2 is 2.10 bits per heavy atom. The number of methoxy groups -OCH3 is 1. The molecule has 9 heteroatoms. The van der Waals surface area contributed by atoms with Gasteiger partial charge in [0, 0.05) is 43.5 Å². The van der Waals surface area contributed by atoms with Crippen molar-refractivity contribution < 1.29 is 18.3 Å². The number of benzene rings is 1. The third kappa shape index (κ3) is 5.53. The molecule has 0 amide bonds. The first kappa shape index (κ1) is 22.6. The largest absolute Gasteiger partial charge is 0.496 e. The minimum Gasteiger partial charge on any atom is -0.496 e. The zero-order valence-electron chi connectivity index (χ0n) is 18.3. The first-order valence-corrected chi connectivity index (χ1v) is 10.2. The van der Waals surface area contributed by atoms with E-state index in [1.165, 1.54) is 0 Å². The molecule has 1 unspecified atom stereocenters. The Kier molecular flexibility index (Phi) is 7.49. The molecular weight excluding hydrogens is 404 g/mol. The summed E-state index contributed by atoms with van der Waals surface area (Å²) in [6, 6.07) is 6.99. The third-order valence-corrected chi connectivity index (χ3v) is 5.35. The van der Waals surface area contributed by atoms with Gasteiger partial charge in [-0.1, -0.05) is 12.1 Å². The van der Waals surface area contributed by atoms with Crippen molar-refractivity contribution in [1.29, 1.82) is 0 Å². The van der Waals surface area contributed by atoms with Crippen molar-refractivity contribution in [2.24, 2.45) is 4.99 Å². The fourth-order valence-corrected chi connectivity index (χ4v) is 3.82. The fraction of sp³-hybridized carbons (Fsp3) is 0.455. The van der Waals surface area contributed by atoms with Gasteiger partial charge in [0.15, 0.2) is 5.96 Å². The molecule has 3 rings (SSSR count). The molecule has 7 nitrogen and oxygen atoms in total. The number of aliphatic imine (C=N–C) groups is 1. The number of para-hydroxylation sites is 2. The summed E-state index contributed by atoms with van der Waals surface area (Å²) in [5.41, 5.74) is 3.54. The minimum atomic E-state index is -2.85. The van der Waals surface area contributed by atoms with Gasteiger partial charge in [0.25, 0.3) is 0 Å². The molecule has 1 aliphatic rings. The van der Waals surface area contributed by atoms with Gasteiger partial charge in [-0.15, -0.1) is 0 Å². The van der Waals surface area contributed by atoms with Crippen LogP contribution in [0.5, 0.6) is 11.5 Å². The van der Waals surface area contributed by atoms with Crippen LogP contribution in [0, 0.1) is 13.8 Å². The fourth-order valence-electron chi connectivity index (χ4n) is 3.82. The molecule has 0 spiro atoms. The molecule has 31 heavy (non-hydrogen) atoms. The normalized spacial score (nSPS) is 16.5. The highest BCUT2D eigenvalue weighted by molar-refractivity contribution is 5.80. The van der Waals surface area contributed by atoms with Crippen LogP contribution in [-0.4, -0.2) is 50.8 Å². The molecule has 0 aliphatic carbocycles. The van der Waals surface area contributed by atoms with Crippen molar-refractivity contribution in [3.63, 3.8) is 0 Å². The van der Waals surface area contributed by atoms with E-state index in [4.69, 9.17) is 4.74 Å². The summed E-state index contributed by atoms with van der Waals surface area (Å²) in [6.45, 7) is 2.99. The summed E-state index contributed by atoms with van der Waals surface area (Å²) in [5.74, 6) is 1.69. The second-order valence-electron chi connectivity index (χ2n) is 7.39. The molecule has 1 aliphatic heterocycles. The van der Waals surface area contributed by atoms with Crippen LogP contribution >= 0.6 is 0 Å². The topological polar surface area (TPSA) is 71.0 Å². The van der Waals surface area contributed by atoms with Crippen LogP contribution in [-0.2, 0) is 6.54 Å². The van der Waals surface area contributed by atoms with Crippen LogP contribution < -0.4 is 25.0 Å². The van der Waals surface area contributed by atoms with Gasteiger partial charge in [0.05, 0.1) is 25.0 Å². The smallest absolute Gasteiger partial charge is 0.387 e. The Hall–Kier alpha value is -3.10. The summed E-state index contributed by atoms with van der Waals surface area (Å²) >= 11 is 0. The number of anilines is 1. The van der Waals surface area contributed by atoms with Crippen LogP contribution in [0.4, 0.5) is 14.5 Å². The van der Waals surface area contributed by atoms with Crippen LogP contribution in [0.2, 0.25) is 0 Å². The highest BCUT2D eigenvalue weighted by Crippen LogP contribution is 2.31. The van der Waals surface area contributed by atoms with Gasteiger partial charge in [-0.05, 0) is 32.4 Å². The number of pyridine rings is 1. The highest BCUT2D eigenvalue weighted by Gasteiger charge is 2.26. The molecule has 2 heterocycles. The van der Waals surface area contributed by atoms with Crippen LogP contribution in [0.1, 0.15) is 23.2 Å².